The Balaban J connectivity index is 1.46. The van der Waals surface area contributed by atoms with E-state index in [1.807, 2.05) is 18.7 Å². The first-order chi connectivity index (χ1) is 13.0. The Hall–Kier alpha value is -1.73. The van der Waals surface area contributed by atoms with Crippen molar-refractivity contribution in [1.29, 1.82) is 0 Å². The van der Waals surface area contributed by atoms with E-state index in [4.69, 9.17) is 5.73 Å². The third-order valence-corrected chi connectivity index (χ3v) is 6.52. The third-order valence-electron chi connectivity index (χ3n) is 6.52. The van der Waals surface area contributed by atoms with E-state index in [0.29, 0.717) is 5.82 Å². The first-order valence-electron chi connectivity index (χ1n) is 10.4. The second-order valence-electron chi connectivity index (χ2n) is 8.34. The van der Waals surface area contributed by atoms with Gasteiger partial charge in [0.1, 0.15) is 5.82 Å². The summed E-state index contributed by atoms with van der Waals surface area (Å²) in [6.07, 6.45) is 6.30. The van der Waals surface area contributed by atoms with Crippen molar-refractivity contribution in [3.63, 3.8) is 0 Å². The van der Waals surface area contributed by atoms with E-state index in [1.165, 1.54) is 25.7 Å². The Morgan fingerprint density at radius 2 is 1.70 bits per heavy atom. The average molecular weight is 373 g/mol. The summed E-state index contributed by atoms with van der Waals surface area (Å²) < 4.78 is 0. The van der Waals surface area contributed by atoms with Gasteiger partial charge in [-0.15, -0.1) is 0 Å². The lowest BCUT2D eigenvalue weighted by atomic mass is 10.1. The normalized spacial score (nSPS) is 24.8. The quantitative estimate of drug-likeness (QED) is 0.862. The molecule has 3 fully saturated rings. The van der Waals surface area contributed by atoms with Crippen LogP contribution in [0.2, 0.25) is 0 Å². The highest BCUT2D eigenvalue weighted by atomic mass is 16.2. The number of aromatic nitrogens is 2. The SMILES string of the molecule is Cc1nc(C(=O)N2CCN(C3CCCC3)CC2)nc(N2CC[C@@H](N)C2)c1C. The van der Waals surface area contributed by atoms with Crippen LogP contribution in [0.1, 0.15) is 54.0 Å². The van der Waals surface area contributed by atoms with Gasteiger partial charge < -0.3 is 15.5 Å². The number of anilines is 1. The minimum atomic E-state index is -0.0334. The summed E-state index contributed by atoms with van der Waals surface area (Å²) in [6.45, 7) is 9.17. The van der Waals surface area contributed by atoms with E-state index in [9.17, 15) is 4.79 Å². The number of hydrogen-bond donors (Lipinski definition) is 1. The first-order valence-corrected chi connectivity index (χ1v) is 10.4. The van der Waals surface area contributed by atoms with Crippen molar-refractivity contribution >= 4 is 11.7 Å². The third kappa shape index (κ3) is 3.80. The van der Waals surface area contributed by atoms with Crippen LogP contribution < -0.4 is 10.6 Å². The van der Waals surface area contributed by atoms with Crippen LogP contribution in [0.4, 0.5) is 5.82 Å². The largest absolute Gasteiger partial charge is 0.355 e. The Kier molecular flexibility index (Phi) is 5.32. The molecule has 1 aromatic rings. The minimum absolute atomic E-state index is 0.0334. The van der Waals surface area contributed by atoms with Gasteiger partial charge in [0.05, 0.1) is 0 Å². The van der Waals surface area contributed by atoms with Crippen molar-refractivity contribution in [1.82, 2.24) is 19.8 Å². The fourth-order valence-electron chi connectivity index (χ4n) is 4.70. The summed E-state index contributed by atoms with van der Waals surface area (Å²) in [7, 11) is 0. The average Bonchev–Trinajstić information content (AvgIpc) is 3.35. The molecule has 1 saturated carbocycles. The summed E-state index contributed by atoms with van der Waals surface area (Å²) in [5.74, 6) is 1.18. The zero-order chi connectivity index (χ0) is 19.0. The lowest BCUT2D eigenvalue weighted by molar-refractivity contribution is 0.0562. The van der Waals surface area contributed by atoms with Gasteiger partial charge in [-0.2, -0.15) is 0 Å². The van der Waals surface area contributed by atoms with Crippen molar-refractivity contribution in [2.24, 2.45) is 5.73 Å². The van der Waals surface area contributed by atoms with Gasteiger partial charge in [-0.25, -0.2) is 9.97 Å². The maximum atomic E-state index is 13.1. The van der Waals surface area contributed by atoms with Gasteiger partial charge >= 0.3 is 0 Å². The van der Waals surface area contributed by atoms with Crippen molar-refractivity contribution in [3.8, 4) is 0 Å². The van der Waals surface area contributed by atoms with Crippen molar-refractivity contribution < 1.29 is 4.79 Å². The molecule has 0 aromatic carbocycles. The summed E-state index contributed by atoms with van der Waals surface area (Å²) in [4.78, 5) is 28.9. The number of nitrogens with two attached hydrogens (primary N) is 1. The predicted molar refractivity (Wildman–Crippen MR) is 106 cm³/mol. The van der Waals surface area contributed by atoms with Crippen LogP contribution >= 0.6 is 0 Å². The molecule has 0 bridgehead atoms. The summed E-state index contributed by atoms with van der Waals surface area (Å²) in [5.41, 5.74) is 8.00. The molecule has 27 heavy (non-hydrogen) atoms. The highest BCUT2D eigenvalue weighted by molar-refractivity contribution is 5.91. The Morgan fingerprint density at radius 3 is 2.33 bits per heavy atom. The summed E-state index contributed by atoms with van der Waals surface area (Å²) >= 11 is 0. The summed E-state index contributed by atoms with van der Waals surface area (Å²) in [6, 6.07) is 0.911. The molecule has 2 saturated heterocycles. The van der Waals surface area contributed by atoms with E-state index >= 15 is 0 Å². The molecule has 4 rings (SSSR count). The number of amides is 1. The Bertz CT molecular complexity index is 694. The smallest absolute Gasteiger partial charge is 0.291 e. The number of nitrogens with zero attached hydrogens (tertiary/aromatic N) is 5. The van der Waals surface area contributed by atoms with E-state index in [0.717, 1.165) is 68.8 Å². The number of rotatable bonds is 3. The second-order valence-corrected chi connectivity index (χ2v) is 8.34. The van der Waals surface area contributed by atoms with Gasteiger partial charge in [-0.05, 0) is 33.1 Å². The number of hydrogen-bond acceptors (Lipinski definition) is 6. The fraction of sp³-hybridized carbons (Fsp3) is 0.750. The maximum absolute atomic E-state index is 13.1. The standard InChI is InChI=1S/C20H32N6O/c1-14-15(2)22-18(23-19(14)26-8-7-16(21)13-26)20(27)25-11-9-24(10-12-25)17-5-3-4-6-17/h16-17H,3-13,21H2,1-2H3/t16-/m1/s1. The molecule has 1 aromatic heterocycles. The van der Waals surface area contributed by atoms with Crippen LogP contribution in [-0.2, 0) is 0 Å². The number of carbonyl (C=O) groups excluding carboxylic acids is 1. The highest BCUT2D eigenvalue weighted by Gasteiger charge is 2.30. The molecule has 2 aliphatic heterocycles. The number of piperazine rings is 1. The van der Waals surface area contributed by atoms with Crippen molar-refractivity contribution in [2.75, 3.05) is 44.2 Å². The van der Waals surface area contributed by atoms with Crippen LogP contribution in [0, 0.1) is 13.8 Å². The van der Waals surface area contributed by atoms with Gasteiger partial charge in [0.2, 0.25) is 5.82 Å². The molecule has 1 aliphatic carbocycles. The molecular weight excluding hydrogens is 340 g/mol. The molecule has 2 N–H and O–H groups in total. The zero-order valence-corrected chi connectivity index (χ0v) is 16.7. The number of carbonyl (C=O) groups is 1. The van der Waals surface area contributed by atoms with Gasteiger partial charge in [0, 0.05) is 62.6 Å². The van der Waals surface area contributed by atoms with E-state index in [-0.39, 0.29) is 11.9 Å². The van der Waals surface area contributed by atoms with E-state index < -0.39 is 0 Å². The molecule has 3 aliphatic rings. The Morgan fingerprint density at radius 1 is 1.00 bits per heavy atom. The van der Waals surface area contributed by atoms with Crippen LogP contribution in [-0.4, -0.2) is 77.0 Å². The van der Waals surface area contributed by atoms with Crippen LogP contribution in [0.15, 0.2) is 0 Å². The Labute approximate surface area is 161 Å². The predicted octanol–water partition coefficient (Wildman–Crippen LogP) is 1.33. The van der Waals surface area contributed by atoms with Gasteiger partial charge in [0.15, 0.2) is 0 Å². The van der Waals surface area contributed by atoms with Crippen LogP contribution in [0.25, 0.3) is 0 Å². The molecule has 0 spiro atoms. The van der Waals surface area contributed by atoms with Crippen LogP contribution in [0.5, 0.6) is 0 Å². The zero-order valence-electron chi connectivity index (χ0n) is 16.7. The summed E-state index contributed by atoms with van der Waals surface area (Å²) in [5, 5.41) is 0. The molecule has 0 unspecified atom stereocenters. The lowest BCUT2D eigenvalue weighted by Crippen LogP contribution is -2.51. The topological polar surface area (TPSA) is 78.6 Å². The monoisotopic (exact) mass is 372 g/mol. The molecule has 7 heteroatoms. The molecule has 7 nitrogen and oxygen atoms in total. The van der Waals surface area contributed by atoms with Crippen LogP contribution in [0.3, 0.4) is 0 Å². The molecule has 1 amide bonds. The van der Waals surface area contributed by atoms with E-state index in [2.05, 4.69) is 19.8 Å². The fourth-order valence-corrected chi connectivity index (χ4v) is 4.70. The molecular formula is C20H32N6O. The van der Waals surface area contributed by atoms with Crippen molar-refractivity contribution in [2.45, 2.75) is 58.0 Å². The van der Waals surface area contributed by atoms with Gasteiger partial charge in [0.25, 0.3) is 5.91 Å². The first kappa shape index (κ1) is 18.6. The molecule has 0 radical (unpaired) electrons. The number of aryl methyl sites for hydroxylation is 1. The van der Waals surface area contributed by atoms with Crippen molar-refractivity contribution in [3.05, 3.63) is 17.1 Å². The van der Waals surface area contributed by atoms with Gasteiger partial charge in [-0.3, -0.25) is 9.69 Å². The highest BCUT2D eigenvalue weighted by Crippen LogP contribution is 2.26. The minimum Gasteiger partial charge on any atom is -0.355 e. The lowest BCUT2D eigenvalue weighted by Gasteiger charge is -2.37. The second kappa shape index (κ2) is 7.72. The maximum Gasteiger partial charge on any atom is 0.291 e. The molecule has 3 heterocycles. The van der Waals surface area contributed by atoms with E-state index in [1.54, 1.807) is 0 Å². The molecule has 148 valence electrons. The van der Waals surface area contributed by atoms with Gasteiger partial charge in [-0.1, -0.05) is 12.8 Å². The molecule has 1 atom stereocenters.